The lowest BCUT2D eigenvalue weighted by Gasteiger charge is -2.38. The van der Waals surface area contributed by atoms with Crippen LogP contribution in [0.15, 0.2) is 18.6 Å². The highest BCUT2D eigenvalue weighted by atomic mass is 16.5. The smallest absolute Gasteiger partial charge is 0.329 e. The molecule has 214 valence electrons. The van der Waals surface area contributed by atoms with E-state index in [2.05, 4.69) is 20.6 Å². The van der Waals surface area contributed by atoms with Crippen LogP contribution in [0, 0.1) is 23.2 Å². The summed E-state index contributed by atoms with van der Waals surface area (Å²) in [7, 11) is 0. The van der Waals surface area contributed by atoms with Gasteiger partial charge in [-0.2, -0.15) is 0 Å². The van der Waals surface area contributed by atoms with E-state index in [0.29, 0.717) is 6.54 Å². The van der Waals surface area contributed by atoms with Gasteiger partial charge in [0.15, 0.2) is 0 Å². The molecule has 5 atom stereocenters. The highest BCUT2D eigenvalue weighted by molar-refractivity contribution is 5.97. The van der Waals surface area contributed by atoms with Crippen molar-refractivity contribution in [1.82, 2.24) is 25.5 Å². The van der Waals surface area contributed by atoms with Crippen LogP contribution in [0.25, 0.3) is 0 Å². The Hall–Kier alpha value is -3.04. The fourth-order valence-corrected chi connectivity index (χ4v) is 6.60. The largest absolute Gasteiger partial charge is 0.464 e. The van der Waals surface area contributed by atoms with Crippen LogP contribution in [0.4, 0.5) is 0 Å². The molecule has 0 bridgehead atoms. The second-order valence-corrected chi connectivity index (χ2v) is 12.3. The number of nitrogens with zero attached hydrogens (tertiary/aromatic N) is 3. The molecule has 1 aromatic heterocycles. The minimum Gasteiger partial charge on any atom is -0.464 e. The molecule has 2 heterocycles. The number of hydrogen-bond donors (Lipinski definition) is 2. The van der Waals surface area contributed by atoms with E-state index in [1.807, 2.05) is 20.8 Å². The fraction of sp³-hybridized carbons (Fsp3) is 0.724. The number of hydrogen-bond acceptors (Lipinski definition) is 7. The third-order valence-electron chi connectivity index (χ3n) is 8.59. The summed E-state index contributed by atoms with van der Waals surface area (Å²) >= 11 is 0. The number of nitrogens with one attached hydrogen (secondary N) is 2. The molecule has 4 rings (SSSR count). The second-order valence-electron chi connectivity index (χ2n) is 12.3. The lowest BCUT2D eigenvalue weighted by molar-refractivity contribution is -0.156. The van der Waals surface area contributed by atoms with E-state index in [4.69, 9.17) is 4.74 Å². The van der Waals surface area contributed by atoms with Gasteiger partial charge in [0.1, 0.15) is 23.8 Å². The number of amides is 3. The average Bonchev–Trinajstić information content (AvgIpc) is 3.52. The lowest BCUT2D eigenvalue weighted by Crippen LogP contribution is -2.61. The van der Waals surface area contributed by atoms with Crippen LogP contribution < -0.4 is 10.6 Å². The Kier molecular flexibility index (Phi) is 9.23. The van der Waals surface area contributed by atoms with E-state index >= 15 is 0 Å². The molecule has 3 aliphatic rings. The van der Waals surface area contributed by atoms with Crippen LogP contribution in [-0.4, -0.2) is 69.8 Å². The SMILES string of the molecule is CCOC(=O)[C@@H]1[C@H]2CCC[C@H]2CN1C(=O)C(NC(=O)[C@@H](NC(=O)c1cnccn1)C1CCCCC1)C(C)(C)C. The number of fused-ring (bicyclic) bond motifs is 1. The van der Waals surface area contributed by atoms with Gasteiger partial charge in [0.05, 0.1) is 12.8 Å². The maximum atomic E-state index is 14.1. The molecule has 3 amide bonds. The molecule has 39 heavy (non-hydrogen) atoms. The number of carbonyl (C=O) groups excluding carboxylic acids is 4. The van der Waals surface area contributed by atoms with Crippen LogP contribution >= 0.6 is 0 Å². The zero-order valence-corrected chi connectivity index (χ0v) is 23.7. The monoisotopic (exact) mass is 541 g/mol. The molecule has 0 aromatic carbocycles. The van der Waals surface area contributed by atoms with E-state index < -0.39 is 29.4 Å². The summed E-state index contributed by atoms with van der Waals surface area (Å²) in [6.45, 7) is 8.22. The average molecular weight is 542 g/mol. The lowest BCUT2D eigenvalue weighted by atomic mass is 9.82. The van der Waals surface area contributed by atoms with Gasteiger partial charge in [-0.05, 0) is 55.8 Å². The summed E-state index contributed by atoms with van der Waals surface area (Å²) < 4.78 is 5.39. The van der Waals surface area contributed by atoms with Gasteiger partial charge < -0.3 is 20.3 Å². The maximum absolute atomic E-state index is 14.1. The van der Waals surface area contributed by atoms with E-state index in [0.717, 1.165) is 51.4 Å². The molecule has 0 radical (unpaired) electrons. The Morgan fingerprint density at radius 1 is 1.03 bits per heavy atom. The number of ether oxygens (including phenoxy) is 1. The number of aromatic nitrogens is 2. The summed E-state index contributed by atoms with van der Waals surface area (Å²) in [5, 5.41) is 5.90. The Labute approximate surface area is 231 Å². The molecule has 1 saturated heterocycles. The van der Waals surface area contributed by atoms with E-state index in [9.17, 15) is 19.2 Å². The standard InChI is InChI=1S/C29H43N5O5/c1-5-39-28(38)23-20-13-9-12-19(20)17-34(23)27(37)24(29(2,3)4)33-26(36)22(18-10-7-6-8-11-18)32-25(35)21-16-30-14-15-31-21/h14-16,18-20,22-24H,5-13,17H2,1-4H3,(H,32,35)(H,33,36)/t19-,20-,22-,23-,24?/m0/s1. The summed E-state index contributed by atoms with van der Waals surface area (Å²) in [5.41, 5.74) is -0.495. The van der Waals surface area contributed by atoms with Crippen molar-refractivity contribution in [2.75, 3.05) is 13.2 Å². The van der Waals surface area contributed by atoms with Crippen molar-refractivity contribution >= 4 is 23.7 Å². The van der Waals surface area contributed by atoms with Gasteiger partial charge in [-0.15, -0.1) is 0 Å². The van der Waals surface area contributed by atoms with Gasteiger partial charge in [0.2, 0.25) is 11.8 Å². The van der Waals surface area contributed by atoms with Crippen molar-refractivity contribution in [2.45, 2.75) is 97.2 Å². The van der Waals surface area contributed by atoms with Gasteiger partial charge in [-0.3, -0.25) is 19.4 Å². The van der Waals surface area contributed by atoms with Crippen molar-refractivity contribution in [3.63, 3.8) is 0 Å². The van der Waals surface area contributed by atoms with E-state index in [1.54, 1.807) is 11.8 Å². The summed E-state index contributed by atoms with van der Waals surface area (Å²) in [4.78, 5) is 63.7. The highest BCUT2D eigenvalue weighted by Gasteiger charge is 2.52. The molecule has 1 aromatic rings. The number of carbonyl (C=O) groups is 4. The third-order valence-corrected chi connectivity index (χ3v) is 8.59. The molecule has 2 aliphatic carbocycles. The van der Waals surface area contributed by atoms with Crippen LogP contribution in [0.2, 0.25) is 0 Å². The molecular formula is C29H43N5O5. The highest BCUT2D eigenvalue weighted by Crippen LogP contribution is 2.43. The zero-order chi connectivity index (χ0) is 28.2. The molecule has 1 unspecified atom stereocenters. The summed E-state index contributed by atoms with van der Waals surface area (Å²) in [6.07, 6.45) is 11.9. The Bertz CT molecular complexity index is 1040. The topological polar surface area (TPSA) is 131 Å². The molecule has 10 nitrogen and oxygen atoms in total. The first-order valence-electron chi connectivity index (χ1n) is 14.5. The first kappa shape index (κ1) is 29.0. The fourth-order valence-electron chi connectivity index (χ4n) is 6.60. The normalized spacial score (nSPS) is 24.9. The number of esters is 1. The van der Waals surface area contributed by atoms with Crippen molar-refractivity contribution in [3.05, 3.63) is 24.3 Å². The van der Waals surface area contributed by atoms with E-state index in [1.165, 1.54) is 18.6 Å². The number of rotatable bonds is 8. The molecule has 10 heteroatoms. The Morgan fingerprint density at radius 3 is 2.41 bits per heavy atom. The van der Waals surface area contributed by atoms with Crippen molar-refractivity contribution in [2.24, 2.45) is 23.2 Å². The van der Waals surface area contributed by atoms with Gasteiger partial charge in [-0.1, -0.05) is 46.5 Å². The molecule has 2 saturated carbocycles. The minimum absolute atomic E-state index is 0.0477. The summed E-state index contributed by atoms with van der Waals surface area (Å²) in [6, 6.07) is -2.31. The third kappa shape index (κ3) is 6.58. The number of likely N-dealkylation sites (tertiary alicyclic amines) is 1. The summed E-state index contributed by atoms with van der Waals surface area (Å²) in [5.74, 6) is -1.19. The van der Waals surface area contributed by atoms with Crippen LogP contribution in [-0.2, 0) is 19.1 Å². The Morgan fingerprint density at radius 2 is 1.77 bits per heavy atom. The molecule has 1 aliphatic heterocycles. The van der Waals surface area contributed by atoms with E-state index in [-0.39, 0.29) is 47.8 Å². The van der Waals surface area contributed by atoms with Gasteiger partial charge >= 0.3 is 5.97 Å². The molecule has 2 N–H and O–H groups in total. The second kappa shape index (κ2) is 12.4. The van der Waals surface area contributed by atoms with Crippen molar-refractivity contribution in [3.8, 4) is 0 Å². The quantitative estimate of drug-likeness (QED) is 0.484. The first-order chi connectivity index (χ1) is 18.6. The maximum Gasteiger partial charge on any atom is 0.329 e. The minimum atomic E-state index is -0.875. The van der Waals surface area contributed by atoms with Crippen molar-refractivity contribution < 1.29 is 23.9 Å². The molecule has 3 fully saturated rings. The molecular weight excluding hydrogens is 498 g/mol. The van der Waals surface area contributed by atoms with Gasteiger partial charge in [0.25, 0.3) is 5.91 Å². The van der Waals surface area contributed by atoms with Crippen LogP contribution in [0.1, 0.15) is 89.5 Å². The van der Waals surface area contributed by atoms with Crippen LogP contribution in [0.5, 0.6) is 0 Å². The zero-order valence-electron chi connectivity index (χ0n) is 23.7. The predicted octanol–water partition coefficient (Wildman–Crippen LogP) is 2.88. The van der Waals surface area contributed by atoms with Crippen molar-refractivity contribution in [1.29, 1.82) is 0 Å². The first-order valence-corrected chi connectivity index (χ1v) is 14.5. The molecule has 0 spiro atoms. The predicted molar refractivity (Wildman–Crippen MR) is 144 cm³/mol. The van der Waals surface area contributed by atoms with Gasteiger partial charge in [0, 0.05) is 18.9 Å². The van der Waals surface area contributed by atoms with Crippen LogP contribution in [0.3, 0.4) is 0 Å². The van der Waals surface area contributed by atoms with Gasteiger partial charge in [-0.25, -0.2) is 9.78 Å². The Balaban J connectivity index is 1.56.